The molecule has 182 valence electrons. The van der Waals surface area contributed by atoms with Crippen molar-refractivity contribution < 1.29 is 28.0 Å². The zero-order valence-electron chi connectivity index (χ0n) is 19.2. The van der Waals surface area contributed by atoms with Crippen LogP contribution in [0.2, 0.25) is 0 Å². The van der Waals surface area contributed by atoms with E-state index < -0.39 is 46.4 Å². The minimum atomic E-state index is -2.27. The van der Waals surface area contributed by atoms with Crippen molar-refractivity contribution in [3.05, 3.63) is 12.3 Å². The number of alkyl halides is 2. The first kappa shape index (κ1) is 24.8. The van der Waals surface area contributed by atoms with Crippen LogP contribution < -0.4 is 16.0 Å². The Bertz CT molecular complexity index is 929. The number of nitrogens with zero attached hydrogens (tertiary/aromatic N) is 2. The maximum absolute atomic E-state index is 15.2. The van der Waals surface area contributed by atoms with Gasteiger partial charge in [0.1, 0.15) is 17.2 Å². The maximum atomic E-state index is 15.2. The zero-order chi connectivity index (χ0) is 24.4. The van der Waals surface area contributed by atoms with Gasteiger partial charge in [-0.3, -0.25) is 23.9 Å². The Labute approximate surface area is 191 Å². The third kappa shape index (κ3) is 5.75. The second-order valence-electron chi connectivity index (χ2n) is 9.64. The van der Waals surface area contributed by atoms with Gasteiger partial charge in [-0.15, -0.1) is 0 Å². The number of halogens is 2. The number of hydrogen-bond acceptors (Lipinski definition) is 5. The van der Waals surface area contributed by atoms with Gasteiger partial charge in [-0.05, 0) is 46.0 Å². The molecule has 3 N–H and O–H groups in total. The molecule has 3 rings (SSSR count). The van der Waals surface area contributed by atoms with Gasteiger partial charge in [0.15, 0.2) is 11.5 Å². The van der Waals surface area contributed by atoms with Crippen LogP contribution >= 0.6 is 0 Å². The average Bonchev–Trinajstić information content (AvgIpc) is 3.30. The fourth-order valence-electron chi connectivity index (χ4n) is 4.25. The molecule has 0 spiro atoms. The van der Waals surface area contributed by atoms with Gasteiger partial charge in [0.25, 0.3) is 11.8 Å². The quantitative estimate of drug-likeness (QED) is 0.479. The van der Waals surface area contributed by atoms with Gasteiger partial charge in [-0.1, -0.05) is 12.8 Å². The van der Waals surface area contributed by atoms with Gasteiger partial charge in [-0.25, -0.2) is 8.78 Å². The van der Waals surface area contributed by atoms with Crippen molar-refractivity contribution in [3.63, 3.8) is 0 Å². The lowest BCUT2D eigenvalue weighted by Gasteiger charge is -2.41. The van der Waals surface area contributed by atoms with Crippen LogP contribution in [0.25, 0.3) is 0 Å². The van der Waals surface area contributed by atoms with E-state index in [0.717, 1.165) is 13.8 Å². The average molecular weight is 468 g/mol. The second-order valence-corrected chi connectivity index (χ2v) is 9.64. The molecule has 1 heterocycles. The van der Waals surface area contributed by atoms with E-state index in [-0.39, 0.29) is 37.9 Å². The first-order valence-electron chi connectivity index (χ1n) is 11.2. The summed E-state index contributed by atoms with van der Waals surface area (Å²) in [4.78, 5) is 50.8. The lowest BCUT2D eigenvalue weighted by molar-refractivity contribution is -0.145. The Hall–Kier alpha value is -2.85. The molecule has 33 heavy (non-hydrogen) atoms. The summed E-state index contributed by atoms with van der Waals surface area (Å²) in [7, 11) is 1.65. The van der Waals surface area contributed by atoms with Crippen molar-refractivity contribution in [1.29, 1.82) is 0 Å². The number of anilines is 1. The van der Waals surface area contributed by atoms with Crippen LogP contribution in [-0.2, 0) is 26.2 Å². The fourth-order valence-corrected chi connectivity index (χ4v) is 4.25. The van der Waals surface area contributed by atoms with Gasteiger partial charge in [0, 0.05) is 25.7 Å². The molecule has 1 atom stereocenters. The molecule has 11 heteroatoms. The summed E-state index contributed by atoms with van der Waals surface area (Å²) in [5.74, 6) is -3.45. The summed E-state index contributed by atoms with van der Waals surface area (Å²) in [6.07, 6.45) is 4.11. The maximum Gasteiger partial charge on any atom is 0.295 e. The summed E-state index contributed by atoms with van der Waals surface area (Å²) < 4.78 is 30.7. The molecule has 2 aliphatic rings. The predicted octanol–water partition coefficient (Wildman–Crippen LogP) is 1.87. The number of rotatable bonds is 9. The summed E-state index contributed by atoms with van der Waals surface area (Å²) in [5, 5.41) is 11.3. The Kier molecular flexibility index (Phi) is 6.90. The van der Waals surface area contributed by atoms with Crippen molar-refractivity contribution in [3.8, 4) is 0 Å². The van der Waals surface area contributed by atoms with Crippen LogP contribution in [0.3, 0.4) is 0 Å². The Morgan fingerprint density at radius 3 is 2.27 bits per heavy atom. The van der Waals surface area contributed by atoms with E-state index in [0.29, 0.717) is 19.3 Å². The van der Waals surface area contributed by atoms with Crippen LogP contribution in [0, 0.1) is 0 Å². The van der Waals surface area contributed by atoms with Crippen molar-refractivity contribution in [1.82, 2.24) is 20.4 Å². The number of carbonyl (C=O) groups is 4. The molecule has 2 saturated carbocycles. The van der Waals surface area contributed by atoms with E-state index in [1.165, 1.54) is 10.7 Å². The van der Waals surface area contributed by atoms with E-state index in [1.54, 1.807) is 13.2 Å². The molecule has 0 bridgehead atoms. The van der Waals surface area contributed by atoms with Crippen LogP contribution in [0.15, 0.2) is 12.3 Å². The SMILES string of the molecule is Cn1ccc(NC(=O)C(=O)C2(NC(=O)C(CC3(F)CCCC3)NC(=O)C(C)(C)F)CCC2)n1. The highest BCUT2D eigenvalue weighted by molar-refractivity contribution is 6.44. The van der Waals surface area contributed by atoms with E-state index in [1.807, 2.05) is 0 Å². The predicted molar refractivity (Wildman–Crippen MR) is 116 cm³/mol. The molecule has 0 saturated heterocycles. The third-order valence-electron chi connectivity index (χ3n) is 6.40. The first-order chi connectivity index (χ1) is 15.3. The van der Waals surface area contributed by atoms with Crippen LogP contribution in [0.5, 0.6) is 0 Å². The number of Topliss-reactive ketones (excluding diaryl/α,β-unsaturated/α-hetero) is 1. The van der Waals surface area contributed by atoms with Gasteiger partial charge < -0.3 is 16.0 Å². The summed E-state index contributed by atoms with van der Waals surface area (Å²) in [5.41, 5.74) is -5.39. The summed E-state index contributed by atoms with van der Waals surface area (Å²) in [6.45, 7) is 2.08. The lowest BCUT2D eigenvalue weighted by atomic mass is 9.73. The third-order valence-corrected chi connectivity index (χ3v) is 6.40. The highest BCUT2D eigenvalue weighted by Gasteiger charge is 2.50. The van der Waals surface area contributed by atoms with E-state index in [2.05, 4.69) is 21.0 Å². The number of carbonyl (C=O) groups excluding carboxylic acids is 4. The number of aromatic nitrogens is 2. The Morgan fingerprint density at radius 2 is 1.79 bits per heavy atom. The van der Waals surface area contributed by atoms with Crippen LogP contribution in [0.4, 0.5) is 14.6 Å². The topological polar surface area (TPSA) is 122 Å². The smallest absolute Gasteiger partial charge is 0.295 e. The number of amides is 3. The normalized spacial score (nSPS) is 19.8. The minimum Gasteiger partial charge on any atom is -0.341 e. The summed E-state index contributed by atoms with van der Waals surface area (Å²) in [6, 6.07) is 0.142. The number of ketones is 1. The number of aryl methyl sites for hydroxylation is 1. The molecule has 2 fully saturated rings. The molecule has 9 nitrogen and oxygen atoms in total. The monoisotopic (exact) mass is 467 g/mol. The molecule has 1 aromatic heterocycles. The van der Waals surface area contributed by atoms with Gasteiger partial charge >= 0.3 is 0 Å². The number of hydrogen-bond donors (Lipinski definition) is 3. The minimum absolute atomic E-state index is 0.188. The first-order valence-corrected chi connectivity index (χ1v) is 11.2. The van der Waals surface area contributed by atoms with Crippen molar-refractivity contribution in [2.75, 3.05) is 5.32 Å². The highest BCUT2D eigenvalue weighted by Crippen LogP contribution is 2.38. The van der Waals surface area contributed by atoms with Gasteiger partial charge in [0.05, 0.1) is 0 Å². The molecule has 0 aromatic carbocycles. The van der Waals surface area contributed by atoms with Crippen molar-refractivity contribution in [2.24, 2.45) is 7.05 Å². The Balaban J connectivity index is 1.74. The lowest BCUT2D eigenvalue weighted by Crippen LogP contribution is -2.65. The molecule has 1 unspecified atom stereocenters. The number of nitrogens with one attached hydrogen (secondary N) is 3. The van der Waals surface area contributed by atoms with E-state index in [4.69, 9.17) is 0 Å². The molecule has 0 aliphatic heterocycles. The largest absolute Gasteiger partial charge is 0.341 e. The summed E-state index contributed by atoms with van der Waals surface area (Å²) >= 11 is 0. The fraction of sp³-hybridized carbons (Fsp3) is 0.682. The van der Waals surface area contributed by atoms with Crippen molar-refractivity contribution in [2.45, 2.75) is 88.1 Å². The van der Waals surface area contributed by atoms with Gasteiger partial charge in [0.2, 0.25) is 11.7 Å². The standard InChI is InChI=1S/C22H31F2N5O4/c1-20(2,23)19(33)25-14(13-21(24)8-4-5-9-21)17(31)27-22(10-6-11-22)16(30)18(32)26-15-7-12-29(3)28-15/h7,12,14H,4-6,8-11,13H2,1-3H3,(H,25,33)(H,27,31)(H,26,28,32). The molecule has 3 amide bonds. The van der Waals surface area contributed by atoms with Crippen LogP contribution in [-0.4, -0.2) is 56.2 Å². The molecule has 0 radical (unpaired) electrons. The van der Waals surface area contributed by atoms with E-state index >= 15 is 4.39 Å². The van der Waals surface area contributed by atoms with E-state index in [9.17, 15) is 23.6 Å². The molecular formula is C22H31F2N5O4. The Morgan fingerprint density at radius 1 is 1.15 bits per heavy atom. The van der Waals surface area contributed by atoms with Gasteiger partial charge in [-0.2, -0.15) is 5.10 Å². The molecular weight excluding hydrogens is 436 g/mol. The van der Waals surface area contributed by atoms with Crippen molar-refractivity contribution >= 4 is 29.3 Å². The van der Waals surface area contributed by atoms with Crippen LogP contribution in [0.1, 0.15) is 65.2 Å². The molecule has 1 aromatic rings. The second kappa shape index (κ2) is 9.18. The molecule has 2 aliphatic carbocycles. The zero-order valence-corrected chi connectivity index (χ0v) is 19.2. The highest BCUT2D eigenvalue weighted by atomic mass is 19.1.